The molecule has 1 aliphatic heterocycles. The van der Waals surface area contributed by atoms with E-state index in [1.807, 2.05) is 18.2 Å². The zero-order chi connectivity index (χ0) is 9.54. The Labute approximate surface area is 82.7 Å². The van der Waals surface area contributed by atoms with Crippen LogP contribution in [0.3, 0.4) is 0 Å². The fraction of sp³-hybridized carbons (Fsp3) is 0.333. The second kappa shape index (κ2) is 2.77. The van der Waals surface area contributed by atoms with E-state index in [0.29, 0.717) is 18.1 Å². The number of carbonyl (C=O) groups excluding carboxylic acids is 1. The molecule has 1 saturated carbocycles. The minimum Gasteiger partial charge on any atom is -0.299 e. The molecule has 1 aliphatic carbocycles. The van der Waals surface area contributed by atoms with Crippen molar-refractivity contribution < 1.29 is 4.79 Å². The molecule has 1 fully saturated rings. The molecule has 2 nitrogen and oxygen atoms in total. The van der Waals surface area contributed by atoms with Gasteiger partial charge in [-0.1, -0.05) is 18.2 Å². The van der Waals surface area contributed by atoms with Gasteiger partial charge in [0.05, 0.1) is 5.69 Å². The Bertz CT molecular complexity index is 434. The van der Waals surface area contributed by atoms with E-state index < -0.39 is 0 Å². The third-order valence-electron chi connectivity index (χ3n) is 3.07. The molecular weight excluding hydrogens is 174 g/mol. The first-order chi connectivity index (χ1) is 6.84. The van der Waals surface area contributed by atoms with Gasteiger partial charge in [-0.25, -0.2) is 0 Å². The first kappa shape index (κ1) is 7.92. The van der Waals surface area contributed by atoms with E-state index in [1.54, 1.807) is 0 Å². The van der Waals surface area contributed by atoms with Crippen molar-refractivity contribution >= 4 is 17.2 Å². The van der Waals surface area contributed by atoms with Crippen molar-refractivity contribution in [2.45, 2.75) is 25.2 Å². The lowest BCUT2D eigenvalue weighted by atomic mass is 9.83. The van der Waals surface area contributed by atoms with Crippen molar-refractivity contribution in [1.29, 1.82) is 0 Å². The Hall–Kier alpha value is -1.44. The number of ketones is 1. The first-order valence-electron chi connectivity index (χ1n) is 5.02. The van der Waals surface area contributed by atoms with Crippen molar-refractivity contribution in [2.75, 3.05) is 0 Å². The van der Waals surface area contributed by atoms with Crippen molar-refractivity contribution in [3.8, 4) is 0 Å². The number of rotatable bonds is 0. The number of hydrogen-bond donors (Lipinski definition) is 0. The average molecular weight is 185 g/mol. The monoisotopic (exact) mass is 185 g/mol. The zero-order valence-corrected chi connectivity index (χ0v) is 7.86. The Balaban J connectivity index is 2.06. The molecule has 1 atom stereocenters. The highest BCUT2D eigenvalue weighted by molar-refractivity contribution is 6.10. The molecule has 0 saturated heterocycles. The Morgan fingerprint density at radius 3 is 3.07 bits per heavy atom. The smallest absolute Gasteiger partial charge is 0.138 e. The van der Waals surface area contributed by atoms with Crippen molar-refractivity contribution in [1.82, 2.24) is 0 Å². The minimum absolute atomic E-state index is 0.341. The van der Waals surface area contributed by atoms with Gasteiger partial charge in [-0.3, -0.25) is 9.79 Å². The van der Waals surface area contributed by atoms with Gasteiger partial charge < -0.3 is 0 Å². The summed E-state index contributed by atoms with van der Waals surface area (Å²) in [6, 6.07) is 8.22. The van der Waals surface area contributed by atoms with Gasteiger partial charge in [-0.05, 0) is 18.1 Å². The van der Waals surface area contributed by atoms with E-state index in [-0.39, 0.29) is 0 Å². The molecule has 2 aliphatic rings. The van der Waals surface area contributed by atoms with Crippen LogP contribution in [0.2, 0.25) is 0 Å². The van der Waals surface area contributed by atoms with E-state index in [1.165, 1.54) is 5.56 Å². The molecule has 0 amide bonds. The molecule has 1 heterocycles. The third-order valence-corrected chi connectivity index (χ3v) is 3.07. The van der Waals surface area contributed by atoms with Gasteiger partial charge in [0.1, 0.15) is 5.78 Å². The van der Waals surface area contributed by atoms with E-state index in [0.717, 1.165) is 24.2 Å². The highest BCUT2D eigenvalue weighted by Crippen LogP contribution is 2.41. The number of nitrogens with zero attached hydrogens (tertiary/aromatic N) is 1. The molecule has 70 valence electrons. The molecule has 0 aromatic heterocycles. The topological polar surface area (TPSA) is 29.4 Å². The SMILES string of the molecule is O=C1CCC2C(=Nc3ccccc32)C1. The molecule has 0 bridgehead atoms. The standard InChI is InChI=1S/C12H11NO/c14-8-5-6-10-9-3-1-2-4-11(9)13-12(10)7-8/h1-4,10H,5-7H2. The molecule has 0 N–H and O–H groups in total. The van der Waals surface area contributed by atoms with E-state index >= 15 is 0 Å². The molecule has 1 aromatic carbocycles. The van der Waals surface area contributed by atoms with Crippen molar-refractivity contribution in [3.63, 3.8) is 0 Å². The lowest BCUT2D eigenvalue weighted by Crippen LogP contribution is -2.20. The van der Waals surface area contributed by atoms with Crippen LogP contribution in [-0.2, 0) is 4.79 Å². The second-order valence-corrected chi connectivity index (χ2v) is 3.97. The van der Waals surface area contributed by atoms with Crippen LogP contribution in [0.15, 0.2) is 29.3 Å². The number of carbonyl (C=O) groups is 1. The van der Waals surface area contributed by atoms with E-state index in [9.17, 15) is 4.79 Å². The molecule has 0 spiro atoms. The van der Waals surface area contributed by atoms with Crippen LogP contribution in [0.25, 0.3) is 0 Å². The molecule has 1 unspecified atom stereocenters. The second-order valence-electron chi connectivity index (χ2n) is 3.97. The van der Waals surface area contributed by atoms with Gasteiger partial charge in [-0.2, -0.15) is 0 Å². The molecule has 1 aromatic rings. The Morgan fingerprint density at radius 2 is 2.14 bits per heavy atom. The Morgan fingerprint density at radius 1 is 1.29 bits per heavy atom. The normalized spacial score (nSPS) is 24.1. The maximum absolute atomic E-state index is 11.3. The van der Waals surface area contributed by atoms with Gasteiger partial charge in [0.15, 0.2) is 0 Å². The van der Waals surface area contributed by atoms with Gasteiger partial charge in [0.2, 0.25) is 0 Å². The first-order valence-corrected chi connectivity index (χ1v) is 5.02. The lowest BCUT2D eigenvalue weighted by Gasteiger charge is -2.18. The molecule has 3 rings (SSSR count). The summed E-state index contributed by atoms with van der Waals surface area (Å²) < 4.78 is 0. The largest absolute Gasteiger partial charge is 0.299 e. The Kier molecular flexibility index (Phi) is 1.57. The van der Waals surface area contributed by atoms with Crippen molar-refractivity contribution in [2.24, 2.45) is 4.99 Å². The van der Waals surface area contributed by atoms with E-state index in [2.05, 4.69) is 11.1 Å². The molecule has 2 heteroatoms. The summed E-state index contributed by atoms with van der Waals surface area (Å²) in [5, 5.41) is 0. The minimum atomic E-state index is 0.341. The van der Waals surface area contributed by atoms with E-state index in [4.69, 9.17) is 0 Å². The molecule has 0 radical (unpaired) electrons. The average Bonchev–Trinajstić information content (AvgIpc) is 2.54. The van der Waals surface area contributed by atoms with Crippen LogP contribution >= 0.6 is 0 Å². The maximum atomic E-state index is 11.3. The van der Waals surface area contributed by atoms with Crippen LogP contribution in [0.1, 0.15) is 30.7 Å². The summed E-state index contributed by atoms with van der Waals surface area (Å²) in [6.45, 7) is 0. The van der Waals surface area contributed by atoms with Crippen LogP contribution < -0.4 is 0 Å². The van der Waals surface area contributed by atoms with Crippen molar-refractivity contribution in [3.05, 3.63) is 29.8 Å². The predicted molar refractivity (Wildman–Crippen MR) is 55.1 cm³/mol. The van der Waals surface area contributed by atoms with Gasteiger partial charge in [0, 0.05) is 24.5 Å². The molecule has 14 heavy (non-hydrogen) atoms. The van der Waals surface area contributed by atoms with Crippen LogP contribution in [0, 0.1) is 0 Å². The number of benzene rings is 1. The lowest BCUT2D eigenvalue weighted by molar-refractivity contribution is -0.118. The summed E-state index contributed by atoms with van der Waals surface area (Å²) in [4.78, 5) is 15.8. The number of fused-ring (bicyclic) bond motifs is 3. The summed E-state index contributed by atoms with van der Waals surface area (Å²) in [6.07, 6.45) is 2.24. The maximum Gasteiger partial charge on any atom is 0.138 e. The third kappa shape index (κ3) is 1.03. The molecular formula is C12H11NO. The highest BCUT2D eigenvalue weighted by Gasteiger charge is 2.31. The number of aliphatic imine (C=N–C) groups is 1. The fourth-order valence-electron chi connectivity index (χ4n) is 2.38. The summed E-state index contributed by atoms with van der Waals surface area (Å²) >= 11 is 0. The predicted octanol–water partition coefficient (Wildman–Crippen LogP) is 2.61. The summed E-state index contributed by atoms with van der Waals surface area (Å²) in [5.41, 5.74) is 3.47. The summed E-state index contributed by atoms with van der Waals surface area (Å²) in [7, 11) is 0. The summed E-state index contributed by atoms with van der Waals surface area (Å²) in [5.74, 6) is 0.775. The zero-order valence-electron chi connectivity index (χ0n) is 7.86. The number of para-hydroxylation sites is 1. The number of Topliss-reactive ketones (excluding diaryl/α,β-unsaturated/α-hetero) is 1. The van der Waals surface area contributed by atoms with Crippen LogP contribution in [-0.4, -0.2) is 11.5 Å². The number of hydrogen-bond acceptors (Lipinski definition) is 2. The van der Waals surface area contributed by atoms with Gasteiger partial charge in [0.25, 0.3) is 0 Å². The highest BCUT2D eigenvalue weighted by atomic mass is 16.1. The van der Waals surface area contributed by atoms with Crippen LogP contribution in [0.4, 0.5) is 5.69 Å². The fourth-order valence-corrected chi connectivity index (χ4v) is 2.38. The van der Waals surface area contributed by atoms with Gasteiger partial charge >= 0.3 is 0 Å². The van der Waals surface area contributed by atoms with Crippen LogP contribution in [0.5, 0.6) is 0 Å². The quantitative estimate of drug-likeness (QED) is 0.611. The van der Waals surface area contributed by atoms with Gasteiger partial charge in [-0.15, -0.1) is 0 Å².